The van der Waals surface area contributed by atoms with E-state index in [1.54, 1.807) is 18.3 Å². The molecule has 0 unspecified atom stereocenters. The summed E-state index contributed by atoms with van der Waals surface area (Å²) < 4.78 is 13.0. The molecule has 6 nitrogen and oxygen atoms in total. The molecule has 6 heteroatoms. The third kappa shape index (κ3) is 4.03. The van der Waals surface area contributed by atoms with Crippen LogP contribution in [0.15, 0.2) is 59.8 Å². The minimum atomic E-state index is -0.340. The molecule has 1 aromatic heterocycles. The number of benzene rings is 2. The lowest BCUT2D eigenvalue weighted by molar-refractivity contribution is -0.123. The molecule has 0 aliphatic rings. The Hall–Kier alpha value is -3.28. The van der Waals surface area contributed by atoms with E-state index >= 15 is 0 Å². The van der Waals surface area contributed by atoms with Crippen molar-refractivity contribution in [2.75, 3.05) is 13.2 Å². The minimum absolute atomic E-state index is 0.142. The number of hydrogen-bond donors (Lipinski definition) is 1. The first kappa shape index (κ1) is 17.5. The standard InChI is InChI=1S/C20H21N3O3/c1-3-25-18-10-6-7-11-19(18)26-14-20(24)22-21-12-15-13-23(2)17-9-5-4-8-16(15)17/h4-13H,3,14H2,1-2H3,(H,22,24). The second-order valence-electron chi connectivity index (χ2n) is 5.67. The molecule has 1 heterocycles. The minimum Gasteiger partial charge on any atom is -0.490 e. The summed E-state index contributed by atoms with van der Waals surface area (Å²) in [7, 11) is 1.97. The van der Waals surface area contributed by atoms with Gasteiger partial charge in [0.15, 0.2) is 18.1 Å². The van der Waals surface area contributed by atoms with Gasteiger partial charge in [-0.05, 0) is 25.1 Å². The smallest absolute Gasteiger partial charge is 0.277 e. The van der Waals surface area contributed by atoms with E-state index < -0.39 is 0 Å². The van der Waals surface area contributed by atoms with Gasteiger partial charge in [-0.1, -0.05) is 30.3 Å². The van der Waals surface area contributed by atoms with Crippen LogP contribution in [0.1, 0.15) is 12.5 Å². The number of ether oxygens (including phenoxy) is 2. The van der Waals surface area contributed by atoms with Gasteiger partial charge in [-0.2, -0.15) is 5.10 Å². The number of carbonyl (C=O) groups is 1. The number of rotatable bonds is 7. The van der Waals surface area contributed by atoms with Gasteiger partial charge in [0.2, 0.25) is 0 Å². The van der Waals surface area contributed by atoms with Crippen molar-refractivity contribution in [3.63, 3.8) is 0 Å². The number of aryl methyl sites for hydroxylation is 1. The Bertz CT molecular complexity index is 931. The first-order valence-electron chi connectivity index (χ1n) is 8.39. The summed E-state index contributed by atoms with van der Waals surface area (Å²) in [4.78, 5) is 11.9. The molecule has 134 valence electrons. The van der Waals surface area contributed by atoms with Crippen molar-refractivity contribution < 1.29 is 14.3 Å². The zero-order valence-electron chi connectivity index (χ0n) is 14.8. The Morgan fingerprint density at radius 2 is 1.81 bits per heavy atom. The van der Waals surface area contributed by atoms with E-state index in [1.165, 1.54) is 0 Å². The number of amides is 1. The predicted molar refractivity (Wildman–Crippen MR) is 102 cm³/mol. The summed E-state index contributed by atoms with van der Waals surface area (Å²) in [5.74, 6) is 0.803. The van der Waals surface area contributed by atoms with Crippen LogP contribution in [0.4, 0.5) is 0 Å². The zero-order chi connectivity index (χ0) is 18.4. The lowest BCUT2D eigenvalue weighted by Crippen LogP contribution is -2.24. The van der Waals surface area contributed by atoms with Gasteiger partial charge >= 0.3 is 0 Å². The quantitative estimate of drug-likeness (QED) is 0.525. The van der Waals surface area contributed by atoms with Crippen molar-refractivity contribution in [1.29, 1.82) is 0 Å². The molecule has 3 rings (SSSR count). The van der Waals surface area contributed by atoms with E-state index in [0.717, 1.165) is 16.5 Å². The molecule has 1 amide bonds. The second kappa shape index (κ2) is 8.20. The van der Waals surface area contributed by atoms with Crippen molar-refractivity contribution >= 4 is 23.0 Å². The molecule has 0 fully saturated rings. The molecule has 0 radical (unpaired) electrons. The average molecular weight is 351 g/mol. The fourth-order valence-corrected chi connectivity index (χ4v) is 2.67. The molecule has 0 spiro atoms. The maximum absolute atomic E-state index is 11.9. The maximum Gasteiger partial charge on any atom is 0.277 e. The number of hydrazone groups is 1. The van der Waals surface area contributed by atoms with E-state index in [1.807, 2.05) is 61.1 Å². The number of para-hydroxylation sites is 3. The van der Waals surface area contributed by atoms with Crippen LogP contribution >= 0.6 is 0 Å². The van der Waals surface area contributed by atoms with Crippen LogP contribution in [-0.2, 0) is 11.8 Å². The van der Waals surface area contributed by atoms with Crippen LogP contribution in [0, 0.1) is 0 Å². The third-order valence-electron chi connectivity index (χ3n) is 3.83. The fraction of sp³-hybridized carbons (Fsp3) is 0.200. The maximum atomic E-state index is 11.9. The van der Waals surface area contributed by atoms with Crippen molar-refractivity contribution in [3.8, 4) is 11.5 Å². The SMILES string of the molecule is CCOc1ccccc1OCC(=O)NN=Cc1cn(C)c2ccccc12. The summed E-state index contributed by atoms with van der Waals surface area (Å²) in [6.07, 6.45) is 3.60. The largest absolute Gasteiger partial charge is 0.490 e. The van der Waals surface area contributed by atoms with E-state index in [0.29, 0.717) is 18.1 Å². The summed E-state index contributed by atoms with van der Waals surface area (Å²) in [6.45, 7) is 2.28. The molecule has 0 saturated carbocycles. The Morgan fingerprint density at radius 1 is 1.12 bits per heavy atom. The summed E-state index contributed by atoms with van der Waals surface area (Å²) in [5.41, 5.74) is 4.53. The van der Waals surface area contributed by atoms with Crippen LogP contribution in [0.3, 0.4) is 0 Å². The van der Waals surface area contributed by atoms with Gasteiger partial charge < -0.3 is 14.0 Å². The van der Waals surface area contributed by atoms with E-state index in [2.05, 4.69) is 10.5 Å². The predicted octanol–water partition coefficient (Wildman–Crippen LogP) is 3.11. The summed E-state index contributed by atoms with van der Waals surface area (Å²) in [6, 6.07) is 15.3. The highest BCUT2D eigenvalue weighted by Crippen LogP contribution is 2.26. The topological polar surface area (TPSA) is 64.8 Å². The van der Waals surface area contributed by atoms with Crippen LogP contribution < -0.4 is 14.9 Å². The summed E-state index contributed by atoms with van der Waals surface area (Å²) in [5, 5.41) is 5.11. The van der Waals surface area contributed by atoms with Crippen LogP contribution in [-0.4, -0.2) is 29.9 Å². The van der Waals surface area contributed by atoms with Crippen molar-refractivity contribution in [2.24, 2.45) is 12.1 Å². The molecular formula is C20H21N3O3. The lowest BCUT2D eigenvalue weighted by atomic mass is 10.2. The zero-order valence-corrected chi connectivity index (χ0v) is 14.8. The Morgan fingerprint density at radius 3 is 2.58 bits per heavy atom. The molecule has 0 saturated heterocycles. The Balaban J connectivity index is 1.58. The molecule has 1 N–H and O–H groups in total. The van der Waals surface area contributed by atoms with Crippen LogP contribution in [0.25, 0.3) is 10.9 Å². The van der Waals surface area contributed by atoms with E-state index in [9.17, 15) is 4.79 Å². The van der Waals surface area contributed by atoms with Crippen LogP contribution in [0.2, 0.25) is 0 Å². The fourth-order valence-electron chi connectivity index (χ4n) is 2.67. The molecule has 0 aliphatic heterocycles. The average Bonchev–Trinajstić information content (AvgIpc) is 2.98. The normalized spacial score (nSPS) is 11.0. The van der Waals surface area contributed by atoms with Crippen molar-refractivity contribution in [1.82, 2.24) is 9.99 Å². The molecule has 0 aliphatic carbocycles. The van der Waals surface area contributed by atoms with Crippen molar-refractivity contribution in [3.05, 3.63) is 60.3 Å². The number of nitrogens with zero attached hydrogens (tertiary/aromatic N) is 2. The van der Waals surface area contributed by atoms with Gasteiger partial charge in [0.05, 0.1) is 12.8 Å². The highest BCUT2D eigenvalue weighted by molar-refractivity contribution is 5.99. The number of nitrogens with one attached hydrogen (secondary N) is 1. The molecule has 2 aromatic carbocycles. The number of hydrogen-bond acceptors (Lipinski definition) is 4. The summed E-state index contributed by atoms with van der Waals surface area (Å²) >= 11 is 0. The Labute approximate surface area is 152 Å². The Kier molecular flexibility index (Phi) is 5.53. The number of fused-ring (bicyclic) bond motifs is 1. The van der Waals surface area contributed by atoms with Crippen molar-refractivity contribution in [2.45, 2.75) is 6.92 Å². The first-order chi connectivity index (χ1) is 12.7. The molecular weight excluding hydrogens is 330 g/mol. The van der Waals surface area contributed by atoms with E-state index in [-0.39, 0.29) is 12.5 Å². The molecule has 3 aromatic rings. The van der Waals surface area contributed by atoms with Gasteiger partial charge in [-0.25, -0.2) is 5.43 Å². The third-order valence-corrected chi connectivity index (χ3v) is 3.83. The van der Waals surface area contributed by atoms with Gasteiger partial charge in [0.1, 0.15) is 0 Å². The van der Waals surface area contributed by atoms with Gasteiger partial charge in [0.25, 0.3) is 5.91 Å². The lowest BCUT2D eigenvalue weighted by Gasteiger charge is -2.10. The highest BCUT2D eigenvalue weighted by Gasteiger charge is 2.07. The highest BCUT2D eigenvalue weighted by atomic mass is 16.5. The van der Waals surface area contributed by atoms with E-state index in [4.69, 9.17) is 9.47 Å². The van der Waals surface area contributed by atoms with Gasteiger partial charge in [-0.15, -0.1) is 0 Å². The first-order valence-corrected chi connectivity index (χ1v) is 8.39. The van der Waals surface area contributed by atoms with Crippen LogP contribution in [0.5, 0.6) is 11.5 Å². The second-order valence-corrected chi connectivity index (χ2v) is 5.67. The number of aromatic nitrogens is 1. The molecule has 0 atom stereocenters. The van der Waals surface area contributed by atoms with Gasteiger partial charge in [-0.3, -0.25) is 4.79 Å². The number of carbonyl (C=O) groups excluding carboxylic acids is 1. The molecule has 26 heavy (non-hydrogen) atoms. The molecule has 0 bridgehead atoms. The monoisotopic (exact) mass is 351 g/mol. The van der Waals surface area contributed by atoms with Gasteiger partial charge in [0, 0.05) is 29.7 Å².